The van der Waals surface area contributed by atoms with Gasteiger partial charge in [-0.2, -0.15) is 0 Å². The quantitative estimate of drug-likeness (QED) is 0.136. The van der Waals surface area contributed by atoms with E-state index in [0.29, 0.717) is 0 Å². The predicted molar refractivity (Wildman–Crippen MR) is 273 cm³/mol. The van der Waals surface area contributed by atoms with Crippen LogP contribution in [0.5, 0.6) is 0 Å². The Labute approximate surface area is 377 Å². The van der Waals surface area contributed by atoms with Crippen LogP contribution >= 0.6 is 0 Å². The van der Waals surface area contributed by atoms with Gasteiger partial charge in [0.1, 0.15) is 0 Å². The van der Waals surface area contributed by atoms with Crippen LogP contribution in [0.3, 0.4) is 0 Å². The van der Waals surface area contributed by atoms with Crippen LogP contribution in [0, 0.1) is 41.5 Å². The summed E-state index contributed by atoms with van der Waals surface area (Å²) < 4.78 is 2.43. The van der Waals surface area contributed by atoms with E-state index in [1.807, 2.05) is 0 Å². The first-order valence-corrected chi connectivity index (χ1v) is 22.2. The Kier molecular flexibility index (Phi) is 10.6. The zero-order valence-corrected chi connectivity index (χ0v) is 37.4. The van der Waals surface area contributed by atoms with E-state index in [4.69, 9.17) is 0 Å². The molecule has 10 rings (SSSR count). The van der Waals surface area contributed by atoms with Gasteiger partial charge in [-0.05, 0) is 208 Å². The fourth-order valence-corrected chi connectivity index (χ4v) is 9.25. The molecule has 4 heteroatoms. The molecule has 312 valence electrons. The molecule has 1 aromatic heterocycles. The van der Waals surface area contributed by atoms with Crippen molar-refractivity contribution in [3.8, 4) is 5.69 Å². The molecule has 0 atom stereocenters. The summed E-state index contributed by atoms with van der Waals surface area (Å²) in [5.41, 5.74) is 20.8. The van der Waals surface area contributed by atoms with Crippen molar-refractivity contribution in [2.24, 2.45) is 0 Å². The molecule has 4 nitrogen and oxygen atoms in total. The van der Waals surface area contributed by atoms with E-state index in [1.165, 1.54) is 44.2 Å². The SMILES string of the molecule is Cc1cccc(N(c2ccc(-n3c4ccc(N(c5cccc(C)c5)c5cccc(C)c5)cc4c4cc(N(c5cccc(C)c5)c5cccc(C)c5)ccc43)cc2)c2cccc(C)c2)c1. The monoisotopic (exact) mass is 828 g/mol. The Bertz CT molecular complexity index is 3030. The van der Waals surface area contributed by atoms with E-state index >= 15 is 0 Å². The van der Waals surface area contributed by atoms with Gasteiger partial charge in [-0.3, -0.25) is 0 Å². The average molecular weight is 829 g/mol. The normalized spacial score (nSPS) is 11.3. The highest BCUT2D eigenvalue weighted by molar-refractivity contribution is 6.12. The van der Waals surface area contributed by atoms with E-state index in [0.717, 1.165) is 67.9 Å². The minimum Gasteiger partial charge on any atom is -0.310 e. The number of fused-ring (bicyclic) bond motifs is 3. The molecule has 0 aliphatic carbocycles. The first-order chi connectivity index (χ1) is 31.2. The van der Waals surface area contributed by atoms with Crippen LogP contribution in [0.15, 0.2) is 206 Å². The second-order valence-electron chi connectivity index (χ2n) is 17.3. The molecule has 0 radical (unpaired) electrons. The topological polar surface area (TPSA) is 14.7 Å². The van der Waals surface area contributed by atoms with Crippen molar-refractivity contribution < 1.29 is 0 Å². The Balaban J connectivity index is 1.19. The van der Waals surface area contributed by atoms with Gasteiger partial charge in [0.25, 0.3) is 0 Å². The van der Waals surface area contributed by atoms with Crippen molar-refractivity contribution in [1.82, 2.24) is 4.57 Å². The van der Waals surface area contributed by atoms with Gasteiger partial charge >= 0.3 is 0 Å². The van der Waals surface area contributed by atoms with Crippen LogP contribution < -0.4 is 14.7 Å². The van der Waals surface area contributed by atoms with Crippen molar-refractivity contribution in [1.29, 1.82) is 0 Å². The number of anilines is 9. The standard InChI is InChI=1S/C60H52N4/c1-41-13-7-19-49(33-41)61(50-20-8-14-42(2)34-50)47-25-27-48(28-26-47)64-59-31-29-55(62(51-21-9-15-43(3)35-51)52-22-10-16-44(4)36-52)39-57(59)58-40-56(30-32-60(58)64)63(53-23-11-17-45(5)37-53)54-24-12-18-46(6)38-54/h7-40H,1-6H3. The molecular formula is C60H52N4. The molecule has 64 heavy (non-hydrogen) atoms. The van der Waals surface area contributed by atoms with Crippen LogP contribution in [-0.4, -0.2) is 4.57 Å². The summed E-state index contributed by atoms with van der Waals surface area (Å²) >= 11 is 0. The third kappa shape index (κ3) is 7.80. The smallest absolute Gasteiger partial charge is 0.0542 e. The van der Waals surface area contributed by atoms with Gasteiger partial charge in [0.15, 0.2) is 0 Å². The largest absolute Gasteiger partial charge is 0.310 e. The summed E-state index contributed by atoms with van der Waals surface area (Å²) in [4.78, 5) is 7.13. The highest BCUT2D eigenvalue weighted by atomic mass is 15.2. The minimum atomic E-state index is 1.10. The number of hydrogen-bond acceptors (Lipinski definition) is 3. The van der Waals surface area contributed by atoms with E-state index < -0.39 is 0 Å². The van der Waals surface area contributed by atoms with Crippen molar-refractivity contribution in [3.63, 3.8) is 0 Å². The zero-order chi connectivity index (χ0) is 43.9. The number of nitrogens with zero attached hydrogens (tertiary/aromatic N) is 4. The molecule has 0 aliphatic heterocycles. The highest BCUT2D eigenvalue weighted by Crippen LogP contribution is 2.44. The van der Waals surface area contributed by atoms with Crippen molar-refractivity contribution in [3.05, 3.63) is 240 Å². The summed E-state index contributed by atoms with van der Waals surface area (Å²) in [6.45, 7) is 13.0. The van der Waals surface area contributed by atoms with Gasteiger partial charge < -0.3 is 19.3 Å². The van der Waals surface area contributed by atoms with Crippen molar-refractivity contribution in [2.45, 2.75) is 41.5 Å². The lowest BCUT2D eigenvalue weighted by molar-refractivity contribution is 1.17. The second kappa shape index (κ2) is 16.8. The molecule has 9 aromatic carbocycles. The Morgan fingerprint density at radius 1 is 0.250 bits per heavy atom. The number of rotatable bonds is 10. The molecule has 0 bridgehead atoms. The van der Waals surface area contributed by atoms with Gasteiger partial charge in [-0.25, -0.2) is 0 Å². The summed E-state index contributed by atoms with van der Waals surface area (Å²) in [7, 11) is 0. The molecular weight excluding hydrogens is 777 g/mol. The molecule has 0 saturated carbocycles. The van der Waals surface area contributed by atoms with Gasteiger partial charge in [0.2, 0.25) is 0 Å². The van der Waals surface area contributed by atoms with E-state index in [9.17, 15) is 0 Å². The van der Waals surface area contributed by atoms with Crippen LogP contribution in [0.1, 0.15) is 33.4 Å². The lowest BCUT2D eigenvalue weighted by atomic mass is 10.1. The molecule has 0 spiro atoms. The number of aryl methyl sites for hydroxylation is 6. The van der Waals surface area contributed by atoms with Gasteiger partial charge in [-0.15, -0.1) is 0 Å². The fraction of sp³-hybridized carbons (Fsp3) is 0.100. The first-order valence-electron chi connectivity index (χ1n) is 22.2. The summed E-state index contributed by atoms with van der Waals surface area (Å²) in [5.74, 6) is 0. The lowest BCUT2D eigenvalue weighted by Crippen LogP contribution is -2.10. The van der Waals surface area contributed by atoms with Crippen LogP contribution in [0.4, 0.5) is 51.2 Å². The Hall–Kier alpha value is -7.82. The first kappa shape index (κ1) is 40.3. The van der Waals surface area contributed by atoms with Gasteiger partial charge in [0, 0.05) is 67.6 Å². The second-order valence-corrected chi connectivity index (χ2v) is 17.3. The zero-order valence-electron chi connectivity index (χ0n) is 37.4. The van der Waals surface area contributed by atoms with Crippen LogP contribution in [0.25, 0.3) is 27.5 Å². The maximum atomic E-state index is 2.43. The Morgan fingerprint density at radius 2 is 0.500 bits per heavy atom. The summed E-state index contributed by atoms with van der Waals surface area (Å²) in [6, 6.07) is 75.7. The highest BCUT2D eigenvalue weighted by Gasteiger charge is 2.21. The van der Waals surface area contributed by atoms with Crippen LogP contribution in [-0.2, 0) is 0 Å². The molecule has 0 fully saturated rings. The van der Waals surface area contributed by atoms with Crippen molar-refractivity contribution in [2.75, 3.05) is 14.7 Å². The van der Waals surface area contributed by atoms with Gasteiger partial charge in [0.05, 0.1) is 11.0 Å². The van der Waals surface area contributed by atoms with E-state index in [1.54, 1.807) is 0 Å². The molecule has 0 N–H and O–H groups in total. The fourth-order valence-electron chi connectivity index (χ4n) is 9.25. The minimum absolute atomic E-state index is 1.10. The van der Waals surface area contributed by atoms with E-state index in [2.05, 4.69) is 267 Å². The average Bonchev–Trinajstić information content (AvgIpc) is 3.60. The predicted octanol–water partition coefficient (Wildman–Crippen LogP) is 17.0. The van der Waals surface area contributed by atoms with Crippen molar-refractivity contribution >= 4 is 73.0 Å². The number of hydrogen-bond donors (Lipinski definition) is 0. The van der Waals surface area contributed by atoms with Crippen LogP contribution in [0.2, 0.25) is 0 Å². The maximum absolute atomic E-state index is 2.43. The summed E-state index contributed by atoms with van der Waals surface area (Å²) in [5, 5.41) is 2.36. The van der Waals surface area contributed by atoms with Gasteiger partial charge in [-0.1, -0.05) is 72.8 Å². The number of benzene rings is 9. The third-order valence-corrected chi connectivity index (χ3v) is 12.2. The molecule has 0 saturated heterocycles. The molecule has 10 aromatic rings. The Morgan fingerprint density at radius 3 is 0.781 bits per heavy atom. The molecule has 1 heterocycles. The number of aromatic nitrogens is 1. The van der Waals surface area contributed by atoms with E-state index in [-0.39, 0.29) is 0 Å². The summed E-state index contributed by atoms with van der Waals surface area (Å²) in [6.07, 6.45) is 0. The molecule has 0 aliphatic rings. The third-order valence-electron chi connectivity index (χ3n) is 12.2. The maximum Gasteiger partial charge on any atom is 0.0542 e. The molecule has 0 unspecified atom stereocenters. The lowest BCUT2D eigenvalue weighted by Gasteiger charge is -2.26. The molecule has 0 amide bonds.